The zero-order chi connectivity index (χ0) is 12.6. The van der Waals surface area contributed by atoms with Crippen LogP contribution in [0, 0.1) is 0 Å². The molecule has 0 bridgehead atoms. The summed E-state index contributed by atoms with van der Waals surface area (Å²) in [5, 5.41) is 2.62. The van der Waals surface area contributed by atoms with Crippen LogP contribution in [0.1, 0.15) is 26.3 Å². The third-order valence-electron chi connectivity index (χ3n) is 2.85. The van der Waals surface area contributed by atoms with Crippen molar-refractivity contribution < 1.29 is 4.74 Å². The summed E-state index contributed by atoms with van der Waals surface area (Å²) in [5.41, 5.74) is 1.21. The van der Waals surface area contributed by atoms with E-state index in [0.717, 1.165) is 16.5 Å². The topological polar surface area (TPSA) is 22.1 Å². The van der Waals surface area contributed by atoms with E-state index in [1.54, 1.807) is 7.11 Å². The van der Waals surface area contributed by atoms with Crippen molar-refractivity contribution in [2.45, 2.75) is 26.2 Å². The van der Waals surface area contributed by atoms with Crippen molar-refractivity contribution in [2.75, 3.05) is 7.11 Å². The maximum Gasteiger partial charge on any atom is 0.136 e. The molecule has 1 aromatic heterocycles. The first-order chi connectivity index (χ1) is 7.93. The fourth-order valence-electron chi connectivity index (χ4n) is 1.91. The second-order valence-corrected chi connectivity index (χ2v) is 5.48. The van der Waals surface area contributed by atoms with Crippen LogP contribution in [0.25, 0.3) is 10.8 Å². The molecule has 0 aliphatic carbocycles. The molecule has 0 amide bonds. The number of hydrogen-bond acceptors (Lipinski definition) is 2. The van der Waals surface area contributed by atoms with Crippen LogP contribution in [-0.4, -0.2) is 12.1 Å². The second-order valence-electron chi connectivity index (χ2n) is 5.12. The average molecular weight is 250 g/mol. The molecule has 17 heavy (non-hydrogen) atoms. The van der Waals surface area contributed by atoms with E-state index in [4.69, 9.17) is 16.3 Å². The molecule has 0 atom stereocenters. The molecule has 0 aliphatic heterocycles. The lowest BCUT2D eigenvalue weighted by Crippen LogP contribution is -2.12. The van der Waals surface area contributed by atoms with Gasteiger partial charge in [-0.25, -0.2) is 4.98 Å². The predicted octanol–water partition coefficient (Wildman–Crippen LogP) is 4.19. The molecular weight excluding hydrogens is 234 g/mol. The van der Waals surface area contributed by atoms with Crippen molar-refractivity contribution in [2.24, 2.45) is 0 Å². The minimum Gasteiger partial charge on any atom is -0.497 e. The summed E-state index contributed by atoms with van der Waals surface area (Å²) in [6, 6.07) is 5.88. The Morgan fingerprint density at radius 2 is 1.88 bits per heavy atom. The molecule has 0 saturated heterocycles. The number of halogens is 1. The zero-order valence-electron chi connectivity index (χ0n) is 10.5. The quantitative estimate of drug-likeness (QED) is 0.707. The predicted molar refractivity (Wildman–Crippen MR) is 72.0 cm³/mol. The van der Waals surface area contributed by atoms with E-state index in [1.165, 1.54) is 5.56 Å². The number of ether oxygens (including phenoxy) is 1. The molecule has 0 unspecified atom stereocenters. The number of nitrogens with zero attached hydrogens (tertiary/aromatic N) is 1. The van der Waals surface area contributed by atoms with Gasteiger partial charge in [0.15, 0.2) is 0 Å². The Balaban J connectivity index is 2.81. The van der Waals surface area contributed by atoms with Crippen molar-refractivity contribution in [3.63, 3.8) is 0 Å². The van der Waals surface area contributed by atoms with Crippen molar-refractivity contribution in [1.82, 2.24) is 4.98 Å². The van der Waals surface area contributed by atoms with Gasteiger partial charge >= 0.3 is 0 Å². The Kier molecular flexibility index (Phi) is 3.00. The summed E-state index contributed by atoms with van der Waals surface area (Å²) in [4.78, 5) is 4.25. The maximum atomic E-state index is 6.12. The molecule has 0 radical (unpaired) electrons. The van der Waals surface area contributed by atoms with Gasteiger partial charge in [0.2, 0.25) is 0 Å². The van der Waals surface area contributed by atoms with Crippen molar-refractivity contribution in [3.8, 4) is 5.75 Å². The summed E-state index contributed by atoms with van der Waals surface area (Å²) in [7, 11) is 1.67. The second kappa shape index (κ2) is 4.19. The Morgan fingerprint density at radius 3 is 2.47 bits per heavy atom. The number of hydrogen-bond donors (Lipinski definition) is 0. The number of aromatic nitrogens is 1. The maximum absolute atomic E-state index is 6.12. The van der Waals surface area contributed by atoms with Crippen molar-refractivity contribution in [3.05, 3.63) is 35.1 Å². The van der Waals surface area contributed by atoms with Crippen LogP contribution in [-0.2, 0) is 5.41 Å². The summed E-state index contributed by atoms with van der Waals surface area (Å²) < 4.78 is 5.27. The Hall–Kier alpha value is -1.28. The van der Waals surface area contributed by atoms with E-state index < -0.39 is 0 Å². The van der Waals surface area contributed by atoms with Gasteiger partial charge in [-0.05, 0) is 34.6 Å². The Labute approximate surface area is 107 Å². The molecular formula is C14H16ClNO. The molecule has 1 heterocycles. The number of pyridine rings is 1. The number of rotatable bonds is 1. The highest BCUT2D eigenvalue weighted by molar-refractivity contribution is 6.34. The standard InChI is InChI=1S/C14H16ClNO/c1-14(2,3)12-8-16-13(15)10-6-5-9(17-4)7-11(10)12/h5-8H,1-4H3. The lowest BCUT2D eigenvalue weighted by molar-refractivity contribution is 0.415. The highest BCUT2D eigenvalue weighted by Crippen LogP contribution is 2.34. The SMILES string of the molecule is COc1ccc2c(Cl)ncc(C(C)(C)C)c2c1. The van der Waals surface area contributed by atoms with Gasteiger partial charge in [-0.2, -0.15) is 0 Å². The minimum absolute atomic E-state index is 0.0300. The van der Waals surface area contributed by atoms with Gasteiger partial charge in [-0.3, -0.25) is 0 Å². The van der Waals surface area contributed by atoms with Crippen LogP contribution < -0.4 is 4.74 Å². The molecule has 2 rings (SSSR count). The molecule has 2 aromatic rings. The molecule has 1 aromatic carbocycles. The highest BCUT2D eigenvalue weighted by Gasteiger charge is 2.18. The Bertz CT molecular complexity index is 558. The third kappa shape index (κ3) is 2.22. The van der Waals surface area contributed by atoms with Gasteiger partial charge in [0.05, 0.1) is 7.11 Å². The summed E-state index contributed by atoms with van der Waals surface area (Å²) >= 11 is 6.12. The van der Waals surface area contributed by atoms with Gasteiger partial charge < -0.3 is 4.74 Å². The van der Waals surface area contributed by atoms with Crippen LogP contribution in [0.3, 0.4) is 0 Å². The fourth-order valence-corrected chi connectivity index (χ4v) is 2.12. The first-order valence-corrected chi connectivity index (χ1v) is 5.94. The van der Waals surface area contributed by atoms with Gasteiger partial charge in [0.1, 0.15) is 10.9 Å². The number of methoxy groups -OCH3 is 1. The monoisotopic (exact) mass is 249 g/mol. The fraction of sp³-hybridized carbons (Fsp3) is 0.357. The summed E-state index contributed by atoms with van der Waals surface area (Å²) in [6.07, 6.45) is 1.85. The van der Waals surface area contributed by atoms with Crippen LogP contribution in [0.5, 0.6) is 5.75 Å². The van der Waals surface area contributed by atoms with Crippen LogP contribution in [0.4, 0.5) is 0 Å². The van der Waals surface area contributed by atoms with Crippen LogP contribution >= 0.6 is 11.6 Å². The first kappa shape index (κ1) is 12.2. The molecule has 0 saturated carbocycles. The molecule has 0 aliphatic rings. The van der Waals surface area contributed by atoms with E-state index in [9.17, 15) is 0 Å². The summed E-state index contributed by atoms with van der Waals surface area (Å²) in [5.74, 6) is 0.838. The minimum atomic E-state index is 0.0300. The van der Waals surface area contributed by atoms with Gasteiger partial charge in [-0.1, -0.05) is 32.4 Å². The molecule has 0 N–H and O–H groups in total. The van der Waals surface area contributed by atoms with Crippen LogP contribution in [0.15, 0.2) is 24.4 Å². The molecule has 3 heteroatoms. The van der Waals surface area contributed by atoms with Crippen molar-refractivity contribution in [1.29, 1.82) is 0 Å². The average Bonchev–Trinajstić information content (AvgIpc) is 2.27. The van der Waals surface area contributed by atoms with E-state index in [2.05, 4.69) is 25.8 Å². The van der Waals surface area contributed by atoms with E-state index in [-0.39, 0.29) is 5.41 Å². The third-order valence-corrected chi connectivity index (χ3v) is 3.16. The van der Waals surface area contributed by atoms with E-state index in [1.807, 2.05) is 24.4 Å². The zero-order valence-corrected chi connectivity index (χ0v) is 11.3. The molecule has 0 spiro atoms. The van der Waals surface area contributed by atoms with E-state index >= 15 is 0 Å². The smallest absolute Gasteiger partial charge is 0.136 e. The van der Waals surface area contributed by atoms with Gasteiger partial charge in [0, 0.05) is 11.6 Å². The Morgan fingerprint density at radius 1 is 1.18 bits per heavy atom. The highest BCUT2D eigenvalue weighted by atomic mass is 35.5. The lowest BCUT2D eigenvalue weighted by atomic mass is 9.85. The molecule has 2 nitrogen and oxygen atoms in total. The van der Waals surface area contributed by atoms with Gasteiger partial charge in [0.25, 0.3) is 0 Å². The normalized spacial score (nSPS) is 11.8. The lowest BCUT2D eigenvalue weighted by Gasteiger charge is -2.21. The first-order valence-electron chi connectivity index (χ1n) is 5.56. The number of benzene rings is 1. The number of fused-ring (bicyclic) bond motifs is 1. The summed E-state index contributed by atoms with van der Waals surface area (Å²) in [6.45, 7) is 6.49. The largest absolute Gasteiger partial charge is 0.497 e. The van der Waals surface area contributed by atoms with Gasteiger partial charge in [-0.15, -0.1) is 0 Å². The molecule has 0 fully saturated rings. The molecule has 90 valence electrons. The van der Waals surface area contributed by atoms with Crippen molar-refractivity contribution >= 4 is 22.4 Å². The van der Waals surface area contributed by atoms with Crippen LogP contribution in [0.2, 0.25) is 5.15 Å². The van der Waals surface area contributed by atoms with E-state index in [0.29, 0.717) is 5.15 Å².